The quantitative estimate of drug-likeness (QED) is 0.649. The van der Waals surface area contributed by atoms with Gasteiger partial charge in [-0.3, -0.25) is 0 Å². The van der Waals surface area contributed by atoms with Crippen LogP contribution in [0, 0.1) is 5.92 Å². The molecule has 1 saturated heterocycles. The molecule has 0 radical (unpaired) electrons. The van der Waals surface area contributed by atoms with Gasteiger partial charge in [0.25, 0.3) is 0 Å². The Bertz CT molecular complexity index is 320. The van der Waals surface area contributed by atoms with Crippen LogP contribution >= 0.6 is 11.8 Å². The summed E-state index contributed by atoms with van der Waals surface area (Å²) < 4.78 is 0. The fraction of sp³-hybridized carbons (Fsp3) is 0.846. The number of hydrogen-bond donors (Lipinski definition) is 3. The maximum absolute atomic E-state index is 11.7. The molecule has 6 nitrogen and oxygen atoms in total. The molecule has 0 aromatic carbocycles. The molecule has 7 heteroatoms. The smallest absolute Gasteiger partial charge is 0.326 e. The van der Waals surface area contributed by atoms with Gasteiger partial charge in [-0.2, -0.15) is 11.8 Å². The van der Waals surface area contributed by atoms with Crippen molar-refractivity contribution in [3.8, 4) is 0 Å². The lowest BCUT2D eigenvalue weighted by molar-refractivity contribution is -0.139. The molecule has 1 atom stereocenters. The van der Waals surface area contributed by atoms with E-state index in [9.17, 15) is 9.59 Å². The van der Waals surface area contributed by atoms with Crippen molar-refractivity contribution < 1.29 is 14.7 Å². The standard InChI is InChI=1S/C13H25N3O3S/c1-16-6-3-10(4-7-16)9-14-13(19)15-11(12(17)18)5-8-20-2/h10-11H,3-9H2,1-2H3,(H,17,18)(H2,14,15,19)/t11-/m0/s1. The summed E-state index contributed by atoms with van der Waals surface area (Å²) in [5.41, 5.74) is 0. The van der Waals surface area contributed by atoms with E-state index < -0.39 is 12.0 Å². The van der Waals surface area contributed by atoms with Gasteiger partial charge in [0.2, 0.25) is 0 Å². The number of carboxylic acids is 1. The molecule has 0 aromatic rings. The van der Waals surface area contributed by atoms with Crippen molar-refractivity contribution in [2.45, 2.75) is 25.3 Å². The van der Waals surface area contributed by atoms with Gasteiger partial charge in [-0.15, -0.1) is 0 Å². The fourth-order valence-corrected chi connectivity index (χ4v) is 2.68. The second kappa shape index (κ2) is 9.07. The molecule has 20 heavy (non-hydrogen) atoms. The van der Waals surface area contributed by atoms with Gasteiger partial charge in [-0.1, -0.05) is 0 Å². The molecule has 2 amide bonds. The SMILES string of the molecule is CSCC[C@H](NC(=O)NCC1CCN(C)CC1)C(=O)O. The summed E-state index contributed by atoms with van der Waals surface area (Å²) in [6, 6.07) is -1.18. The first-order valence-corrected chi connectivity index (χ1v) is 8.37. The van der Waals surface area contributed by atoms with Gasteiger partial charge in [0.05, 0.1) is 0 Å². The highest BCUT2D eigenvalue weighted by Gasteiger charge is 2.21. The first-order chi connectivity index (χ1) is 9.52. The van der Waals surface area contributed by atoms with E-state index in [-0.39, 0.29) is 6.03 Å². The summed E-state index contributed by atoms with van der Waals surface area (Å²) in [5.74, 6) is 0.228. The van der Waals surface area contributed by atoms with Crippen LogP contribution in [0.25, 0.3) is 0 Å². The number of piperidine rings is 1. The van der Waals surface area contributed by atoms with Gasteiger partial charge in [0.15, 0.2) is 0 Å². The molecule has 0 saturated carbocycles. The van der Waals surface area contributed by atoms with Crippen molar-refractivity contribution in [2.24, 2.45) is 5.92 Å². The second-order valence-corrected chi connectivity index (χ2v) is 6.26. The lowest BCUT2D eigenvalue weighted by Gasteiger charge is -2.29. The largest absolute Gasteiger partial charge is 0.480 e. The van der Waals surface area contributed by atoms with E-state index in [2.05, 4.69) is 22.6 Å². The minimum absolute atomic E-state index is 0.377. The Hall–Kier alpha value is -0.950. The van der Waals surface area contributed by atoms with Crippen LogP contribution in [0.15, 0.2) is 0 Å². The third-order valence-electron chi connectivity index (χ3n) is 3.60. The van der Waals surface area contributed by atoms with Crippen LogP contribution in [-0.2, 0) is 4.79 Å². The highest BCUT2D eigenvalue weighted by atomic mass is 32.2. The lowest BCUT2D eigenvalue weighted by Crippen LogP contribution is -2.48. The first kappa shape index (κ1) is 17.1. The number of hydrogen-bond acceptors (Lipinski definition) is 4. The number of aliphatic carboxylic acids is 1. The van der Waals surface area contributed by atoms with Crippen molar-refractivity contribution in [1.29, 1.82) is 0 Å². The minimum atomic E-state index is -0.978. The van der Waals surface area contributed by atoms with Gasteiger partial charge in [-0.05, 0) is 57.3 Å². The Kier molecular flexibility index (Phi) is 7.76. The van der Waals surface area contributed by atoms with Crippen molar-refractivity contribution >= 4 is 23.8 Å². The summed E-state index contributed by atoms with van der Waals surface area (Å²) in [4.78, 5) is 25.0. The van der Waals surface area contributed by atoms with E-state index >= 15 is 0 Å². The Labute approximate surface area is 124 Å². The van der Waals surface area contributed by atoms with Crippen molar-refractivity contribution in [3.05, 3.63) is 0 Å². The molecule has 1 aliphatic rings. The van der Waals surface area contributed by atoms with Gasteiger partial charge >= 0.3 is 12.0 Å². The molecular weight excluding hydrogens is 278 g/mol. The Balaban J connectivity index is 2.25. The molecule has 0 unspecified atom stereocenters. The van der Waals surface area contributed by atoms with E-state index in [0.717, 1.165) is 25.9 Å². The summed E-state index contributed by atoms with van der Waals surface area (Å²) >= 11 is 1.57. The van der Waals surface area contributed by atoms with Crippen LogP contribution in [0.1, 0.15) is 19.3 Å². The average Bonchev–Trinajstić information content (AvgIpc) is 2.42. The number of amides is 2. The number of likely N-dealkylation sites (tertiary alicyclic amines) is 1. The molecule has 1 rings (SSSR count). The van der Waals surface area contributed by atoms with Gasteiger partial charge in [-0.25, -0.2) is 9.59 Å². The predicted octanol–water partition coefficient (Wildman–Crippen LogP) is 0.834. The van der Waals surface area contributed by atoms with Crippen LogP contribution in [0.5, 0.6) is 0 Å². The van der Waals surface area contributed by atoms with Crippen molar-refractivity contribution in [1.82, 2.24) is 15.5 Å². The van der Waals surface area contributed by atoms with Crippen LogP contribution in [0.3, 0.4) is 0 Å². The number of carbonyl (C=O) groups is 2. The summed E-state index contributed by atoms with van der Waals surface area (Å²) in [6.45, 7) is 2.73. The molecular formula is C13H25N3O3S. The zero-order valence-corrected chi connectivity index (χ0v) is 13.0. The van der Waals surface area contributed by atoms with E-state index in [1.54, 1.807) is 11.8 Å². The summed E-state index contributed by atoms with van der Waals surface area (Å²) in [7, 11) is 2.10. The first-order valence-electron chi connectivity index (χ1n) is 6.97. The Morgan fingerprint density at radius 3 is 2.60 bits per heavy atom. The number of carbonyl (C=O) groups excluding carboxylic acids is 1. The minimum Gasteiger partial charge on any atom is -0.480 e. The number of rotatable bonds is 7. The van der Waals surface area contributed by atoms with Gasteiger partial charge in [0, 0.05) is 6.54 Å². The maximum Gasteiger partial charge on any atom is 0.326 e. The van der Waals surface area contributed by atoms with E-state index in [0.29, 0.717) is 24.6 Å². The highest BCUT2D eigenvalue weighted by Crippen LogP contribution is 2.14. The summed E-state index contributed by atoms with van der Waals surface area (Å²) in [5, 5.41) is 14.4. The van der Waals surface area contributed by atoms with Crippen LogP contribution in [-0.4, -0.2) is 66.7 Å². The van der Waals surface area contributed by atoms with E-state index in [1.807, 2.05) is 6.26 Å². The predicted molar refractivity (Wildman–Crippen MR) is 81.2 cm³/mol. The molecule has 1 aliphatic heterocycles. The lowest BCUT2D eigenvalue weighted by atomic mass is 9.97. The number of nitrogens with one attached hydrogen (secondary N) is 2. The highest BCUT2D eigenvalue weighted by molar-refractivity contribution is 7.98. The zero-order chi connectivity index (χ0) is 15.0. The Morgan fingerprint density at radius 1 is 1.40 bits per heavy atom. The van der Waals surface area contributed by atoms with Crippen LogP contribution in [0.2, 0.25) is 0 Å². The third-order valence-corrected chi connectivity index (χ3v) is 4.25. The summed E-state index contributed by atoms with van der Waals surface area (Å²) in [6.07, 6.45) is 4.51. The molecule has 3 N–H and O–H groups in total. The fourth-order valence-electron chi connectivity index (χ4n) is 2.21. The van der Waals surface area contributed by atoms with Crippen LogP contribution < -0.4 is 10.6 Å². The van der Waals surface area contributed by atoms with Gasteiger partial charge < -0.3 is 20.6 Å². The maximum atomic E-state index is 11.7. The molecule has 0 aromatic heterocycles. The molecule has 116 valence electrons. The molecule has 1 heterocycles. The Morgan fingerprint density at radius 2 is 2.05 bits per heavy atom. The van der Waals surface area contributed by atoms with Crippen molar-refractivity contribution in [2.75, 3.05) is 38.7 Å². The number of thioether (sulfide) groups is 1. The topological polar surface area (TPSA) is 81.7 Å². The van der Waals surface area contributed by atoms with Crippen molar-refractivity contribution in [3.63, 3.8) is 0 Å². The second-order valence-electron chi connectivity index (χ2n) is 5.27. The normalized spacial score (nSPS) is 18.5. The molecule has 0 spiro atoms. The molecule has 0 aliphatic carbocycles. The van der Waals surface area contributed by atoms with Gasteiger partial charge in [0.1, 0.15) is 6.04 Å². The van der Waals surface area contributed by atoms with Crippen LogP contribution in [0.4, 0.5) is 4.79 Å². The number of urea groups is 1. The third kappa shape index (κ3) is 6.47. The number of nitrogens with zero attached hydrogens (tertiary/aromatic N) is 1. The van der Waals surface area contributed by atoms with E-state index in [1.165, 1.54) is 0 Å². The zero-order valence-electron chi connectivity index (χ0n) is 12.2. The monoisotopic (exact) mass is 303 g/mol. The average molecular weight is 303 g/mol. The number of carboxylic acid groups (broad SMARTS) is 1. The molecule has 1 fully saturated rings. The van der Waals surface area contributed by atoms with E-state index in [4.69, 9.17) is 5.11 Å². The molecule has 0 bridgehead atoms.